The number of likely N-dealkylation sites (N-methyl/N-ethyl adjacent to an activating group) is 1. The third-order valence-electron chi connectivity index (χ3n) is 3.59. The summed E-state index contributed by atoms with van der Waals surface area (Å²) in [5.41, 5.74) is 2.10. The lowest BCUT2D eigenvalue weighted by Gasteiger charge is -2.25. The third-order valence-corrected chi connectivity index (χ3v) is 3.59. The highest BCUT2D eigenvalue weighted by molar-refractivity contribution is 5.87. The first-order valence-corrected chi connectivity index (χ1v) is 7.16. The van der Waals surface area contributed by atoms with Gasteiger partial charge in [-0.1, -0.05) is 60.7 Å². The normalized spacial score (nSPS) is 10.6. The van der Waals surface area contributed by atoms with Gasteiger partial charge in [0.1, 0.15) is 0 Å². The highest BCUT2D eigenvalue weighted by atomic mass is 16.2. The number of hydrogen-bond donors (Lipinski definition) is 0. The summed E-state index contributed by atoms with van der Waals surface area (Å²) in [5, 5.41) is 0. The second-order valence-electron chi connectivity index (χ2n) is 4.76. The van der Waals surface area contributed by atoms with Crippen molar-refractivity contribution < 1.29 is 4.79 Å². The van der Waals surface area contributed by atoms with Gasteiger partial charge in [0, 0.05) is 13.1 Å². The first-order valence-electron chi connectivity index (χ1n) is 7.16. The Hall–Kier alpha value is -2.09. The lowest BCUT2D eigenvalue weighted by molar-refractivity contribution is -0.131. The average molecular weight is 267 g/mol. The predicted molar refractivity (Wildman–Crippen MR) is 82.7 cm³/mol. The van der Waals surface area contributed by atoms with Crippen molar-refractivity contribution in [1.82, 2.24) is 4.90 Å². The smallest absolute Gasteiger partial charge is 0.234 e. The number of carbonyl (C=O) groups excluding carboxylic acids is 1. The molecule has 0 fully saturated rings. The van der Waals surface area contributed by atoms with Crippen molar-refractivity contribution in [2.45, 2.75) is 19.8 Å². The van der Waals surface area contributed by atoms with Crippen LogP contribution >= 0.6 is 0 Å². The molecular weight excluding hydrogens is 246 g/mol. The minimum Gasteiger partial charge on any atom is -0.342 e. The van der Waals surface area contributed by atoms with Crippen LogP contribution in [0, 0.1) is 0 Å². The third kappa shape index (κ3) is 3.08. The first kappa shape index (κ1) is 14.3. The maximum Gasteiger partial charge on any atom is 0.234 e. The van der Waals surface area contributed by atoms with Gasteiger partial charge in [0.2, 0.25) is 5.91 Å². The SMILES string of the molecule is CCN(CC)C(=O)C(c1ccccc1)c1ccccc1. The van der Waals surface area contributed by atoms with Crippen LogP contribution in [0.5, 0.6) is 0 Å². The quantitative estimate of drug-likeness (QED) is 0.809. The van der Waals surface area contributed by atoms with Crippen LogP contribution in [0.4, 0.5) is 0 Å². The maximum atomic E-state index is 12.8. The molecule has 2 rings (SSSR count). The summed E-state index contributed by atoms with van der Waals surface area (Å²) < 4.78 is 0. The molecule has 0 heterocycles. The number of nitrogens with zero attached hydrogens (tertiary/aromatic N) is 1. The fourth-order valence-electron chi connectivity index (χ4n) is 2.49. The van der Waals surface area contributed by atoms with Gasteiger partial charge >= 0.3 is 0 Å². The van der Waals surface area contributed by atoms with Gasteiger partial charge in [0.05, 0.1) is 5.92 Å². The van der Waals surface area contributed by atoms with E-state index in [0.717, 1.165) is 24.2 Å². The van der Waals surface area contributed by atoms with Crippen LogP contribution in [0.25, 0.3) is 0 Å². The van der Waals surface area contributed by atoms with Gasteiger partial charge in [-0.05, 0) is 25.0 Å². The minimum absolute atomic E-state index is 0.174. The Bertz CT molecular complexity index is 492. The van der Waals surface area contributed by atoms with E-state index in [2.05, 4.69) is 0 Å². The van der Waals surface area contributed by atoms with Gasteiger partial charge in [-0.15, -0.1) is 0 Å². The predicted octanol–water partition coefficient (Wildman–Crippen LogP) is 3.69. The number of rotatable bonds is 5. The molecule has 1 amide bonds. The van der Waals surface area contributed by atoms with Crippen LogP contribution in [0.2, 0.25) is 0 Å². The maximum absolute atomic E-state index is 12.8. The second kappa shape index (κ2) is 6.90. The zero-order valence-electron chi connectivity index (χ0n) is 12.1. The molecule has 0 aliphatic carbocycles. The molecule has 0 unspecified atom stereocenters. The summed E-state index contributed by atoms with van der Waals surface area (Å²) >= 11 is 0. The molecule has 0 radical (unpaired) electrons. The Morgan fingerprint density at radius 2 is 1.25 bits per heavy atom. The standard InChI is InChI=1S/C18H21NO/c1-3-19(4-2)18(20)17(15-11-7-5-8-12-15)16-13-9-6-10-14-16/h5-14,17H,3-4H2,1-2H3. The number of amides is 1. The van der Waals surface area contributed by atoms with Crippen molar-refractivity contribution in [2.75, 3.05) is 13.1 Å². The van der Waals surface area contributed by atoms with Crippen LogP contribution in [0.15, 0.2) is 60.7 Å². The molecule has 20 heavy (non-hydrogen) atoms. The van der Waals surface area contributed by atoms with E-state index < -0.39 is 0 Å². The zero-order valence-corrected chi connectivity index (χ0v) is 12.1. The van der Waals surface area contributed by atoms with Crippen molar-refractivity contribution in [3.05, 3.63) is 71.8 Å². The van der Waals surface area contributed by atoms with Crippen molar-refractivity contribution in [1.29, 1.82) is 0 Å². The summed E-state index contributed by atoms with van der Waals surface area (Å²) in [6.45, 7) is 5.53. The van der Waals surface area contributed by atoms with E-state index in [4.69, 9.17) is 0 Å². The molecule has 2 nitrogen and oxygen atoms in total. The number of hydrogen-bond acceptors (Lipinski definition) is 1. The Kier molecular flexibility index (Phi) is 4.94. The van der Waals surface area contributed by atoms with E-state index >= 15 is 0 Å². The fraction of sp³-hybridized carbons (Fsp3) is 0.278. The molecule has 0 atom stereocenters. The van der Waals surface area contributed by atoms with Gasteiger partial charge in [-0.3, -0.25) is 4.79 Å². The van der Waals surface area contributed by atoms with Crippen molar-refractivity contribution in [2.24, 2.45) is 0 Å². The van der Waals surface area contributed by atoms with E-state index in [1.54, 1.807) is 0 Å². The monoisotopic (exact) mass is 267 g/mol. The topological polar surface area (TPSA) is 20.3 Å². The highest BCUT2D eigenvalue weighted by Crippen LogP contribution is 2.26. The Labute approximate surface area is 121 Å². The van der Waals surface area contributed by atoms with Crippen molar-refractivity contribution >= 4 is 5.91 Å². The highest BCUT2D eigenvalue weighted by Gasteiger charge is 2.25. The van der Waals surface area contributed by atoms with Crippen molar-refractivity contribution in [3.8, 4) is 0 Å². The summed E-state index contributed by atoms with van der Waals surface area (Å²) in [5.74, 6) is -0.0373. The summed E-state index contributed by atoms with van der Waals surface area (Å²) in [7, 11) is 0. The van der Waals surface area contributed by atoms with Gasteiger partial charge in [-0.25, -0.2) is 0 Å². The van der Waals surface area contributed by atoms with Crippen molar-refractivity contribution in [3.63, 3.8) is 0 Å². The minimum atomic E-state index is -0.211. The molecule has 2 aromatic carbocycles. The molecule has 0 saturated heterocycles. The lowest BCUT2D eigenvalue weighted by Crippen LogP contribution is -2.35. The summed E-state index contributed by atoms with van der Waals surface area (Å²) in [6, 6.07) is 20.0. The fourth-order valence-corrected chi connectivity index (χ4v) is 2.49. The molecule has 2 aromatic rings. The van der Waals surface area contributed by atoms with Crippen LogP contribution in [-0.2, 0) is 4.79 Å². The summed E-state index contributed by atoms with van der Waals surface area (Å²) in [4.78, 5) is 14.7. The van der Waals surface area contributed by atoms with Gasteiger partial charge < -0.3 is 4.90 Å². The molecule has 0 aliphatic rings. The number of benzene rings is 2. The molecule has 2 heteroatoms. The van der Waals surface area contributed by atoms with Gasteiger partial charge in [0.25, 0.3) is 0 Å². The summed E-state index contributed by atoms with van der Waals surface area (Å²) in [6.07, 6.45) is 0. The van der Waals surface area contributed by atoms with E-state index in [1.165, 1.54) is 0 Å². The molecule has 0 aromatic heterocycles. The molecule has 0 N–H and O–H groups in total. The number of carbonyl (C=O) groups is 1. The first-order chi connectivity index (χ1) is 9.77. The molecule has 0 saturated carbocycles. The Balaban J connectivity index is 2.43. The largest absolute Gasteiger partial charge is 0.342 e. The van der Waals surface area contributed by atoms with E-state index in [9.17, 15) is 4.79 Å². The molecule has 0 bridgehead atoms. The van der Waals surface area contributed by atoms with Crippen LogP contribution in [0.1, 0.15) is 30.9 Å². The Morgan fingerprint density at radius 3 is 1.60 bits per heavy atom. The Morgan fingerprint density at radius 1 is 0.850 bits per heavy atom. The van der Waals surface area contributed by atoms with Gasteiger partial charge in [0.15, 0.2) is 0 Å². The molecule has 0 spiro atoms. The molecule has 0 aliphatic heterocycles. The average Bonchev–Trinajstić information content (AvgIpc) is 2.51. The van der Waals surface area contributed by atoms with Crippen LogP contribution in [0.3, 0.4) is 0 Å². The van der Waals surface area contributed by atoms with Crippen LogP contribution in [-0.4, -0.2) is 23.9 Å². The second-order valence-corrected chi connectivity index (χ2v) is 4.76. The van der Waals surface area contributed by atoms with E-state index in [1.807, 2.05) is 79.4 Å². The lowest BCUT2D eigenvalue weighted by atomic mass is 9.90. The van der Waals surface area contributed by atoms with Gasteiger partial charge in [-0.2, -0.15) is 0 Å². The van der Waals surface area contributed by atoms with Crippen LogP contribution < -0.4 is 0 Å². The molecular formula is C18H21NO. The molecule has 104 valence electrons. The van der Waals surface area contributed by atoms with E-state index in [0.29, 0.717) is 0 Å². The zero-order chi connectivity index (χ0) is 14.4. The van der Waals surface area contributed by atoms with E-state index in [-0.39, 0.29) is 11.8 Å².